The van der Waals surface area contributed by atoms with E-state index >= 15 is 0 Å². The number of allylic oxidation sites excluding steroid dienone is 2. The van der Waals surface area contributed by atoms with Crippen molar-refractivity contribution in [1.29, 1.82) is 0 Å². The molecular weight excluding hydrogens is 238 g/mol. The van der Waals surface area contributed by atoms with Gasteiger partial charge in [0.15, 0.2) is 0 Å². The molecule has 4 rings (SSSR count). The van der Waals surface area contributed by atoms with Crippen LogP contribution in [-0.2, 0) is 0 Å². The normalized spacial score (nSPS) is 30.2. The first-order valence-electron chi connectivity index (χ1n) is 7.54. The lowest BCUT2D eigenvalue weighted by Gasteiger charge is -2.31. The van der Waals surface area contributed by atoms with E-state index < -0.39 is 6.03 Å². The van der Waals surface area contributed by atoms with E-state index in [0.717, 1.165) is 12.1 Å². The van der Waals surface area contributed by atoms with Crippen LogP contribution < -0.4 is 16.4 Å². The molecule has 4 aliphatic rings. The Bertz CT molecular complexity index is 498. The first-order valence-corrected chi connectivity index (χ1v) is 7.54. The van der Waals surface area contributed by atoms with Crippen molar-refractivity contribution in [2.45, 2.75) is 51.0 Å². The molecule has 0 spiro atoms. The van der Waals surface area contributed by atoms with Crippen molar-refractivity contribution < 1.29 is 4.79 Å². The number of nitrogens with two attached hydrogens (primary N) is 1. The van der Waals surface area contributed by atoms with Crippen molar-refractivity contribution in [2.24, 2.45) is 17.6 Å². The Labute approximate surface area is 113 Å². The van der Waals surface area contributed by atoms with Crippen molar-refractivity contribution in [3.8, 4) is 0 Å². The fourth-order valence-corrected chi connectivity index (χ4v) is 3.65. The summed E-state index contributed by atoms with van der Waals surface area (Å²) in [7, 11) is 0. The maximum atomic E-state index is 11.4. The van der Waals surface area contributed by atoms with Gasteiger partial charge in [0.05, 0.1) is 0 Å². The Hall–Kier alpha value is -1.45. The van der Waals surface area contributed by atoms with Crippen LogP contribution in [0.25, 0.3) is 0 Å². The van der Waals surface area contributed by atoms with Crippen LogP contribution in [0.3, 0.4) is 0 Å². The summed E-state index contributed by atoms with van der Waals surface area (Å²) in [5.41, 5.74) is 10.7. The summed E-state index contributed by atoms with van der Waals surface area (Å²) in [6.45, 7) is 0. The highest BCUT2D eigenvalue weighted by Crippen LogP contribution is 2.50. The summed E-state index contributed by atoms with van der Waals surface area (Å²) >= 11 is 0. The van der Waals surface area contributed by atoms with E-state index in [0.29, 0.717) is 17.9 Å². The van der Waals surface area contributed by atoms with Crippen LogP contribution >= 0.6 is 0 Å². The number of primary amides is 1. The summed E-state index contributed by atoms with van der Waals surface area (Å²) in [5, 5.41) is 6.74. The molecule has 0 radical (unpaired) electrons. The Morgan fingerprint density at radius 2 is 1.89 bits per heavy atom. The Balaban J connectivity index is 1.79. The summed E-state index contributed by atoms with van der Waals surface area (Å²) in [5.74, 6) is 1.36. The lowest BCUT2D eigenvalue weighted by Crippen LogP contribution is -2.40. The van der Waals surface area contributed by atoms with Gasteiger partial charge in [-0.3, -0.25) is 0 Å². The molecule has 0 saturated heterocycles. The van der Waals surface area contributed by atoms with Crippen molar-refractivity contribution in [2.75, 3.05) is 0 Å². The van der Waals surface area contributed by atoms with Crippen molar-refractivity contribution in [1.82, 2.24) is 10.6 Å². The summed E-state index contributed by atoms with van der Waals surface area (Å²) < 4.78 is 0. The first-order chi connectivity index (χ1) is 9.24. The number of rotatable bonds is 3. The van der Waals surface area contributed by atoms with E-state index in [1.807, 2.05) is 0 Å². The first kappa shape index (κ1) is 11.4. The summed E-state index contributed by atoms with van der Waals surface area (Å²) in [4.78, 5) is 11.4. The fourth-order valence-electron chi connectivity index (χ4n) is 3.65. The number of dihydropyridines is 1. The predicted molar refractivity (Wildman–Crippen MR) is 73.0 cm³/mol. The molecule has 1 atom stereocenters. The molecule has 102 valence electrons. The van der Waals surface area contributed by atoms with Crippen LogP contribution in [0, 0.1) is 11.8 Å². The molecule has 2 amide bonds. The standard InChI is InChI=1S/C15H21N3O/c16-15(19)18-14-10-2-1-3-11(10)17-13(9-6-7-9)12(14)8-4-5-8/h8-9,11,17H,1-7H2,(H3,16,18,19). The molecule has 4 nitrogen and oxygen atoms in total. The van der Waals surface area contributed by atoms with Gasteiger partial charge >= 0.3 is 6.03 Å². The lowest BCUT2D eigenvalue weighted by molar-refractivity contribution is 0.251. The average Bonchev–Trinajstić information content (AvgIpc) is 3.26. The second-order valence-corrected chi connectivity index (χ2v) is 6.35. The highest BCUT2D eigenvalue weighted by molar-refractivity contribution is 5.76. The summed E-state index contributed by atoms with van der Waals surface area (Å²) in [6, 6.07) is 0.0308. The maximum Gasteiger partial charge on any atom is 0.316 e. The molecule has 0 bridgehead atoms. The van der Waals surface area contributed by atoms with E-state index in [4.69, 9.17) is 5.73 Å². The van der Waals surface area contributed by atoms with E-state index in [9.17, 15) is 4.79 Å². The van der Waals surface area contributed by atoms with Gasteiger partial charge in [-0.05, 0) is 67.9 Å². The van der Waals surface area contributed by atoms with Gasteiger partial charge in [-0.25, -0.2) is 4.79 Å². The molecule has 4 N–H and O–H groups in total. The molecule has 3 saturated carbocycles. The number of fused-ring (bicyclic) bond motifs is 1. The molecule has 0 aromatic heterocycles. The number of carbonyl (C=O) groups is 1. The van der Waals surface area contributed by atoms with Crippen LogP contribution in [0.5, 0.6) is 0 Å². The number of carbonyl (C=O) groups excluding carboxylic acids is 1. The predicted octanol–water partition coefficient (Wildman–Crippen LogP) is 2.14. The third-order valence-electron chi connectivity index (χ3n) is 4.79. The minimum absolute atomic E-state index is 0.414. The number of hydrogen-bond donors (Lipinski definition) is 3. The van der Waals surface area contributed by atoms with E-state index in [1.165, 1.54) is 55.4 Å². The molecule has 1 unspecified atom stereocenters. The molecule has 3 fully saturated rings. The van der Waals surface area contributed by atoms with Crippen LogP contribution in [0.4, 0.5) is 4.79 Å². The lowest BCUT2D eigenvalue weighted by atomic mass is 9.91. The smallest absolute Gasteiger partial charge is 0.316 e. The molecule has 3 aliphatic carbocycles. The second kappa shape index (κ2) is 4.02. The van der Waals surface area contributed by atoms with Crippen LogP contribution in [0.1, 0.15) is 44.9 Å². The Kier molecular flexibility index (Phi) is 2.41. The monoisotopic (exact) mass is 259 g/mol. The zero-order chi connectivity index (χ0) is 13.0. The summed E-state index contributed by atoms with van der Waals surface area (Å²) in [6.07, 6.45) is 8.61. The van der Waals surface area contributed by atoms with Gasteiger partial charge in [0.25, 0.3) is 0 Å². The number of urea groups is 1. The van der Waals surface area contributed by atoms with E-state index in [-0.39, 0.29) is 0 Å². The third-order valence-corrected chi connectivity index (χ3v) is 4.79. The third kappa shape index (κ3) is 1.94. The highest BCUT2D eigenvalue weighted by Gasteiger charge is 2.42. The maximum absolute atomic E-state index is 11.4. The topological polar surface area (TPSA) is 67.2 Å². The van der Waals surface area contributed by atoms with E-state index in [1.54, 1.807) is 0 Å². The van der Waals surface area contributed by atoms with Gasteiger partial charge in [0, 0.05) is 17.4 Å². The van der Waals surface area contributed by atoms with Gasteiger partial charge < -0.3 is 16.4 Å². The molecular formula is C15H21N3O. The molecule has 19 heavy (non-hydrogen) atoms. The zero-order valence-electron chi connectivity index (χ0n) is 11.2. The van der Waals surface area contributed by atoms with Gasteiger partial charge in [0.2, 0.25) is 0 Å². The minimum atomic E-state index is -0.414. The molecule has 4 heteroatoms. The average molecular weight is 259 g/mol. The fraction of sp³-hybridized carbons (Fsp3) is 0.667. The Morgan fingerprint density at radius 1 is 1.16 bits per heavy atom. The number of nitrogens with one attached hydrogen (secondary N) is 2. The van der Waals surface area contributed by atoms with Gasteiger partial charge in [-0.2, -0.15) is 0 Å². The van der Waals surface area contributed by atoms with Gasteiger partial charge in [0.1, 0.15) is 0 Å². The van der Waals surface area contributed by atoms with Crippen molar-refractivity contribution in [3.05, 3.63) is 22.5 Å². The SMILES string of the molecule is NC(=O)NC1=C2CCCC2NC(C2CC2)=C1C1CC1. The molecule has 1 heterocycles. The van der Waals surface area contributed by atoms with Gasteiger partial charge in [-0.15, -0.1) is 0 Å². The molecule has 0 aromatic carbocycles. The second-order valence-electron chi connectivity index (χ2n) is 6.35. The zero-order valence-corrected chi connectivity index (χ0v) is 11.2. The van der Waals surface area contributed by atoms with Crippen molar-refractivity contribution >= 4 is 6.03 Å². The van der Waals surface area contributed by atoms with Crippen LogP contribution in [0.15, 0.2) is 22.5 Å². The minimum Gasteiger partial charge on any atom is -0.381 e. The van der Waals surface area contributed by atoms with Crippen molar-refractivity contribution in [3.63, 3.8) is 0 Å². The number of hydrogen-bond acceptors (Lipinski definition) is 2. The Morgan fingerprint density at radius 3 is 2.53 bits per heavy atom. The molecule has 0 aromatic rings. The van der Waals surface area contributed by atoms with Crippen LogP contribution in [-0.4, -0.2) is 12.1 Å². The molecule has 1 aliphatic heterocycles. The van der Waals surface area contributed by atoms with Gasteiger partial charge in [-0.1, -0.05) is 0 Å². The highest BCUT2D eigenvalue weighted by atomic mass is 16.2. The van der Waals surface area contributed by atoms with Crippen LogP contribution in [0.2, 0.25) is 0 Å². The largest absolute Gasteiger partial charge is 0.381 e. The number of amides is 2. The van der Waals surface area contributed by atoms with E-state index in [2.05, 4.69) is 10.6 Å². The quantitative estimate of drug-likeness (QED) is 0.727.